The normalized spacial score (nSPS) is 26.6. The van der Waals surface area contributed by atoms with Crippen molar-refractivity contribution in [3.8, 4) is 0 Å². The highest BCUT2D eigenvalue weighted by Gasteiger charge is 2.33. The van der Waals surface area contributed by atoms with Crippen LogP contribution in [0.5, 0.6) is 0 Å². The topological polar surface area (TPSA) is 65.0 Å². The van der Waals surface area contributed by atoms with Crippen molar-refractivity contribution in [3.63, 3.8) is 0 Å². The number of likely N-dealkylation sites (tertiary alicyclic amines) is 1. The number of hydrogen-bond acceptors (Lipinski definition) is 4. The summed E-state index contributed by atoms with van der Waals surface area (Å²) in [7, 11) is 0. The third kappa shape index (κ3) is 1.40. The van der Waals surface area contributed by atoms with Crippen molar-refractivity contribution in [2.45, 2.75) is 19.0 Å². The third-order valence-corrected chi connectivity index (χ3v) is 2.24. The molecule has 0 radical (unpaired) electrons. The molecule has 2 rings (SSSR count). The molecule has 2 aliphatic rings. The summed E-state index contributed by atoms with van der Waals surface area (Å²) in [6.45, 7) is 0.589. The summed E-state index contributed by atoms with van der Waals surface area (Å²) >= 11 is 0. The predicted molar refractivity (Wildman–Crippen MR) is 43.0 cm³/mol. The van der Waals surface area contributed by atoms with E-state index >= 15 is 0 Å². The van der Waals surface area contributed by atoms with Gasteiger partial charge in [0.1, 0.15) is 12.4 Å². The first kappa shape index (κ1) is 8.18. The van der Waals surface area contributed by atoms with Crippen molar-refractivity contribution in [1.29, 1.82) is 0 Å². The van der Waals surface area contributed by atoms with Gasteiger partial charge in [0, 0.05) is 6.54 Å². The molecule has 2 N–H and O–H groups in total. The van der Waals surface area contributed by atoms with E-state index in [0.29, 0.717) is 6.54 Å². The number of rotatable bonds is 1. The van der Waals surface area contributed by atoms with Gasteiger partial charge in [0.2, 0.25) is 0 Å². The Kier molecular flexibility index (Phi) is 1.97. The number of nitrogens with zero attached hydrogens (tertiary/aromatic N) is 2. The fraction of sp³-hybridized carbons (Fsp3) is 0.571. The average Bonchev–Trinajstić information content (AvgIpc) is 2.74. The minimum absolute atomic E-state index is 0.142. The number of nitrogens with one attached hydrogen (secondary N) is 1. The standard InChI is InChI=1S/C7H11N3O3/c11-7(12)9-3-1-2-6(9)10-4-5-13-8-10/h4-6,8H,1-3H2,(H,11,12). The minimum atomic E-state index is -0.885. The van der Waals surface area contributed by atoms with Crippen LogP contribution in [-0.4, -0.2) is 33.8 Å². The van der Waals surface area contributed by atoms with Crippen molar-refractivity contribution in [3.05, 3.63) is 12.5 Å². The van der Waals surface area contributed by atoms with E-state index in [0.717, 1.165) is 12.8 Å². The number of carboxylic acid groups (broad SMARTS) is 1. The lowest BCUT2D eigenvalue weighted by molar-refractivity contribution is -0.0242. The molecule has 2 heterocycles. The summed E-state index contributed by atoms with van der Waals surface area (Å²) in [6, 6.07) is 0. The molecular formula is C7H11N3O3. The molecule has 0 aliphatic carbocycles. The zero-order valence-corrected chi connectivity index (χ0v) is 7.01. The summed E-state index contributed by atoms with van der Waals surface area (Å²) < 4.78 is 0. The molecule has 0 aromatic heterocycles. The molecule has 0 aromatic carbocycles. The monoisotopic (exact) mass is 185 g/mol. The average molecular weight is 185 g/mol. The van der Waals surface area contributed by atoms with Crippen LogP contribution in [0.2, 0.25) is 0 Å². The molecule has 1 amide bonds. The van der Waals surface area contributed by atoms with Crippen LogP contribution in [0.25, 0.3) is 0 Å². The van der Waals surface area contributed by atoms with E-state index < -0.39 is 6.09 Å². The molecule has 1 saturated heterocycles. The Balaban J connectivity index is 2.04. The van der Waals surface area contributed by atoms with Crippen molar-refractivity contribution < 1.29 is 14.7 Å². The Morgan fingerprint density at radius 3 is 3.15 bits per heavy atom. The van der Waals surface area contributed by atoms with E-state index in [4.69, 9.17) is 9.94 Å². The van der Waals surface area contributed by atoms with Crippen LogP contribution < -0.4 is 5.59 Å². The van der Waals surface area contributed by atoms with Gasteiger partial charge in [-0.15, -0.1) is 0 Å². The molecule has 0 spiro atoms. The molecule has 0 saturated carbocycles. The third-order valence-electron chi connectivity index (χ3n) is 2.24. The van der Waals surface area contributed by atoms with E-state index in [1.54, 1.807) is 11.2 Å². The fourth-order valence-electron chi connectivity index (χ4n) is 1.64. The smallest absolute Gasteiger partial charge is 0.408 e. The molecule has 0 aromatic rings. The summed E-state index contributed by atoms with van der Waals surface area (Å²) in [5.41, 5.74) is 2.60. The lowest BCUT2D eigenvalue weighted by Crippen LogP contribution is -2.48. The molecule has 6 nitrogen and oxygen atoms in total. The maximum Gasteiger partial charge on any atom is 0.408 e. The largest absolute Gasteiger partial charge is 0.465 e. The molecule has 1 unspecified atom stereocenters. The molecule has 72 valence electrons. The van der Waals surface area contributed by atoms with Gasteiger partial charge < -0.3 is 9.94 Å². The highest BCUT2D eigenvalue weighted by molar-refractivity contribution is 5.65. The lowest BCUT2D eigenvalue weighted by atomic mass is 10.3. The van der Waals surface area contributed by atoms with Gasteiger partial charge in [-0.1, -0.05) is 5.59 Å². The maximum atomic E-state index is 10.8. The van der Waals surface area contributed by atoms with Gasteiger partial charge >= 0.3 is 6.09 Å². The van der Waals surface area contributed by atoms with Crippen LogP contribution in [0.4, 0.5) is 4.79 Å². The fourth-order valence-corrected chi connectivity index (χ4v) is 1.64. The lowest BCUT2D eigenvalue weighted by Gasteiger charge is -2.28. The van der Waals surface area contributed by atoms with Gasteiger partial charge in [0.05, 0.1) is 6.20 Å². The molecule has 0 bridgehead atoms. The maximum absolute atomic E-state index is 10.8. The van der Waals surface area contributed by atoms with Gasteiger partial charge in [-0.2, -0.15) is 0 Å². The number of hydrazine groups is 1. The Morgan fingerprint density at radius 2 is 2.54 bits per heavy atom. The van der Waals surface area contributed by atoms with Gasteiger partial charge in [-0.25, -0.2) is 4.79 Å². The number of carbonyl (C=O) groups is 1. The second-order valence-electron chi connectivity index (χ2n) is 3.00. The van der Waals surface area contributed by atoms with Crippen molar-refractivity contribution >= 4 is 6.09 Å². The zero-order chi connectivity index (χ0) is 9.26. The van der Waals surface area contributed by atoms with Crippen LogP contribution in [0.3, 0.4) is 0 Å². The first-order valence-corrected chi connectivity index (χ1v) is 4.15. The Bertz CT molecular complexity index is 243. The first-order valence-electron chi connectivity index (χ1n) is 4.15. The minimum Gasteiger partial charge on any atom is -0.465 e. The Hall–Kier alpha value is -1.43. The summed E-state index contributed by atoms with van der Waals surface area (Å²) in [4.78, 5) is 16.9. The van der Waals surface area contributed by atoms with E-state index in [9.17, 15) is 4.79 Å². The van der Waals surface area contributed by atoms with Crippen LogP contribution in [0, 0.1) is 0 Å². The van der Waals surface area contributed by atoms with Crippen LogP contribution in [0.1, 0.15) is 12.8 Å². The van der Waals surface area contributed by atoms with Gasteiger partial charge in [0.15, 0.2) is 0 Å². The number of amides is 1. The molecular weight excluding hydrogens is 174 g/mol. The van der Waals surface area contributed by atoms with Crippen LogP contribution in [-0.2, 0) is 4.84 Å². The van der Waals surface area contributed by atoms with Crippen molar-refractivity contribution in [2.75, 3.05) is 6.54 Å². The summed E-state index contributed by atoms with van der Waals surface area (Å²) in [5.74, 6) is 0. The number of hydrogen-bond donors (Lipinski definition) is 2. The predicted octanol–water partition coefficient (Wildman–Crippen LogP) is 0.309. The highest BCUT2D eigenvalue weighted by atomic mass is 16.7. The molecule has 1 atom stereocenters. The van der Waals surface area contributed by atoms with Crippen LogP contribution >= 0.6 is 0 Å². The van der Waals surface area contributed by atoms with Gasteiger partial charge in [0.25, 0.3) is 0 Å². The molecule has 1 fully saturated rings. The van der Waals surface area contributed by atoms with Crippen LogP contribution in [0.15, 0.2) is 12.5 Å². The molecule has 13 heavy (non-hydrogen) atoms. The van der Waals surface area contributed by atoms with E-state index in [1.165, 1.54) is 11.2 Å². The first-order chi connectivity index (χ1) is 6.29. The van der Waals surface area contributed by atoms with Crippen molar-refractivity contribution in [1.82, 2.24) is 15.5 Å². The Morgan fingerprint density at radius 1 is 1.69 bits per heavy atom. The molecule has 6 heteroatoms. The SMILES string of the molecule is O=C(O)N1CCCC1N1C=CON1. The van der Waals surface area contributed by atoms with Crippen molar-refractivity contribution in [2.24, 2.45) is 0 Å². The van der Waals surface area contributed by atoms with E-state index in [1.807, 2.05) is 0 Å². The van der Waals surface area contributed by atoms with Gasteiger partial charge in [-0.05, 0) is 12.8 Å². The molecule has 2 aliphatic heterocycles. The Labute approximate surface area is 75.3 Å². The van der Waals surface area contributed by atoms with Gasteiger partial charge in [-0.3, -0.25) is 9.91 Å². The quantitative estimate of drug-likeness (QED) is 0.615. The highest BCUT2D eigenvalue weighted by Crippen LogP contribution is 2.20. The van der Waals surface area contributed by atoms with E-state index in [-0.39, 0.29) is 6.17 Å². The second kappa shape index (κ2) is 3.14. The second-order valence-corrected chi connectivity index (χ2v) is 3.00. The van der Waals surface area contributed by atoms with E-state index in [2.05, 4.69) is 5.59 Å². The summed E-state index contributed by atoms with van der Waals surface area (Å²) in [6.07, 6.45) is 3.86. The zero-order valence-electron chi connectivity index (χ0n) is 7.01. The summed E-state index contributed by atoms with van der Waals surface area (Å²) in [5, 5.41) is 10.5.